The third-order valence-corrected chi connectivity index (χ3v) is 3.78. The van der Waals surface area contributed by atoms with E-state index in [9.17, 15) is 5.21 Å². The Morgan fingerprint density at radius 2 is 1.91 bits per heavy atom. The fraction of sp³-hybridized carbons (Fsp3) is 0.500. The predicted molar refractivity (Wildman–Crippen MR) is 87.9 cm³/mol. The topological polar surface area (TPSA) is 80.3 Å². The van der Waals surface area contributed by atoms with E-state index < -0.39 is 0 Å². The maximum atomic E-state index is 10.9. The van der Waals surface area contributed by atoms with Gasteiger partial charge in [-0.3, -0.25) is 10.2 Å². The maximum absolute atomic E-state index is 10.9. The molecule has 7 nitrogen and oxygen atoms in total. The van der Waals surface area contributed by atoms with Crippen molar-refractivity contribution < 1.29 is 14.7 Å². The van der Waals surface area contributed by atoms with Crippen LogP contribution in [-0.2, 0) is 9.47 Å². The van der Waals surface area contributed by atoms with E-state index in [4.69, 9.17) is 14.7 Å². The van der Waals surface area contributed by atoms with E-state index in [1.165, 1.54) is 0 Å². The van der Waals surface area contributed by atoms with Crippen LogP contribution in [0.5, 0.6) is 0 Å². The van der Waals surface area contributed by atoms with Crippen molar-refractivity contribution in [3.63, 3.8) is 0 Å². The first kappa shape index (κ1) is 17.9. The fourth-order valence-corrected chi connectivity index (χ4v) is 2.44. The summed E-state index contributed by atoms with van der Waals surface area (Å²) >= 11 is 0. The van der Waals surface area contributed by atoms with E-state index in [0.29, 0.717) is 13.2 Å². The molecule has 0 aliphatic carbocycles. The average Bonchev–Trinajstić information content (AvgIpc) is 2.50. The Balaban J connectivity index is 2.23. The Kier molecular flexibility index (Phi) is 6.11. The number of hydrogen-bond donors (Lipinski definition) is 2. The zero-order valence-corrected chi connectivity index (χ0v) is 13.7. The lowest BCUT2D eigenvalue weighted by Crippen LogP contribution is -2.48. The molecule has 1 heterocycles. The SMILES string of the molecule is C=C1COC(c2ccc(N([O-])O)cc2)C(NN(C)C)COC1C. The highest BCUT2D eigenvalue weighted by Gasteiger charge is 2.28. The quantitative estimate of drug-likeness (QED) is 0.647. The summed E-state index contributed by atoms with van der Waals surface area (Å²) in [6, 6.07) is 6.53. The molecule has 23 heavy (non-hydrogen) atoms. The van der Waals surface area contributed by atoms with Gasteiger partial charge in [-0.15, -0.1) is 0 Å². The predicted octanol–water partition coefficient (Wildman–Crippen LogP) is 1.85. The molecule has 3 atom stereocenters. The molecule has 0 saturated carbocycles. The Morgan fingerprint density at radius 1 is 1.26 bits per heavy atom. The van der Waals surface area contributed by atoms with Crippen molar-refractivity contribution in [2.24, 2.45) is 0 Å². The molecule has 0 bridgehead atoms. The molecule has 1 fully saturated rings. The van der Waals surface area contributed by atoms with Gasteiger partial charge >= 0.3 is 0 Å². The molecule has 1 aromatic rings. The van der Waals surface area contributed by atoms with Gasteiger partial charge in [0, 0.05) is 14.1 Å². The molecule has 7 heteroatoms. The molecule has 1 saturated heterocycles. The third-order valence-electron chi connectivity index (χ3n) is 3.78. The van der Waals surface area contributed by atoms with E-state index in [1.54, 1.807) is 24.3 Å². The summed E-state index contributed by atoms with van der Waals surface area (Å²) in [7, 11) is 3.81. The summed E-state index contributed by atoms with van der Waals surface area (Å²) in [6.45, 7) is 6.79. The van der Waals surface area contributed by atoms with Gasteiger partial charge < -0.3 is 19.9 Å². The number of benzene rings is 1. The maximum Gasteiger partial charge on any atom is 0.102 e. The zero-order chi connectivity index (χ0) is 17.0. The highest BCUT2D eigenvalue weighted by molar-refractivity contribution is 5.46. The first-order chi connectivity index (χ1) is 10.9. The van der Waals surface area contributed by atoms with Crippen LogP contribution >= 0.6 is 0 Å². The monoisotopic (exact) mass is 322 g/mol. The van der Waals surface area contributed by atoms with Crippen LogP contribution in [-0.4, -0.2) is 49.7 Å². The second-order valence-corrected chi connectivity index (χ2v) is 5.86. The molecule has 0 aromatic heterocycles. The lowest BCUT2D eigenvalue weighted by atomic mass is 10.0. The van der Waals surface area contributed by atoms with Crippen molar-refractivity contribution in [3.05, 3.63) is 47.2 Å². The van der Waals surface area contributed by atoms with E-state index in [1.807, 2.05) is 26.0 Å². The average molecular weight is 322 g/mol. The van der Waals surface area contributed by atoms with Gasteiger partial charge in [0.25, 0.3) is 0 Å². The standard InChI is InChI=1S/C16H24N3O4/c1-11-9-23-16(13-5-7-14(8-6-13)19(20)21)15(17-18(3)4)10-22-12(11)2/h5-8,12,15-17,20H,1,9-10H2,2-4H3/q-1. The number of anilines is 1. The lowest BCUT2D eigenvalue weighted by molar-refractivity contribution is -0.0528. The number of rotatable bonds is 4. The number of nitrogens with zero attached hydrogens (tertiary/aromatic N) is 2. The van der Waals surface area contributed by atoms with Gasteiger partial charge in [0.05, 0.1) is 31.0 Å². The molecule has 3 unspecified atom stereocenters. The second-order valence-electron chi connectivity index (χ2n) is 5.86. The summed E-state index contributed by atoms with van der Waals surface area (Å²) in [5.74, 6) is 0. The molecule has 128 valence electrons. The normalized spacial score (nSPS) is 26.0. The van der Waals surface area contributed by atoms with Crippen LogP contribution in [0.25, 0.3) is 0 Å². The van der Waals surface area contributed by atoms with Gasteiger partial charge in [-0.2, -0.15) is 0 Å². The largest absolute Gasteiger partial charge is 0.733 e. The van der Waals surface area contributed by atoms with Crippen molar-refractivity contribution in [1.82, 2.24) is 10.4 Å². The molecule has 0 spiro atoms. The van der Waals surface area contributed by atoms with Gasteiger partial charge in [0.1, 0.15) is 6.10 Å². The smallest absolute Gasteiger partial charge is 0.102 e. The third kappa shape index (κ3) is 4.74. The molecular formula is C16H24N3O4-. The van der Waals surface area contributed by atoms with Crippen LogP contribution in [0.4, 0.5) is 5.69 Å². The molecular weight excluding hydrogens is 298 g/mol. The Labute approximate surface area is 136 Å². The highest BCUT2D eigenvalue weighted by Crippen LogP contribution is 2.27. The Bertz CT molecular complexity index is 519. The van der Waals surface area contributed by atoms with Crippen LogP contribution < -0.4 is 10.7 Å². The van der Waals surface area contributed by atoms with Crippen molar-refractivity contribution in [1.29, 1.82) is 0 Å². The minimum atomic E-state index is -0.269. The molecule has 0 amide bonds. The van der Waals surface area contributed by atoms with E-state index in [0.717, 1.165) is 11.1 Å². The van der Waals surface area contributed by atoms with Crippen LogP contribution in [0, 0.1) is 5.21 Å². The van der Waals surface area contributed by atoms with Gasteiger partial charge in [0.2, 0.25) is 0 Å². The van der Waals surface area contributed by atoms with Gasteiger partial charge in [-0.25, -0.2) is 5.43 Å². The lowest BCUT2D eigenvalue weighted by Gasteiger charge is -2.35. The van der Waals surface area contributed by atoms with E-state index >= 15 is 0 Å². The summed E-state index contributed by atoms with van der Waals surface area (Å²) in [6.07, 6.45) is -0.331. The first-order valence-electron chi connectivity index (χ1n) is 7.49. The molecule has 1 aromatic carbocycles. The van der Waals surface area contributed by atoms with Crippen molar-refractivity contribution >= 4 is 5.69 Å². The minimum absolute atomic E-state index is 0.0619. The van der Waals surface area contributed by atoms with Gasteiger partial charge in [-0.05, 0) is 30.2 Å². The fourth-order valence-electron chi connectivity index (χ4n) is 2.44. The van der Waals surface area contributed by atoms with Crippen molar-refractivity contribution in [2.75, 3.05) is 32.5 Å². The van der Waals surface area contributed by atoms with E-state index in [2.05, 4.69) is 12.0 Å². The number of nitrogens with one attached hydrogen (secondary N) is 1. The van der Waals surface area contributed by atoms with Crippen molar-refractivity contribution in [3.8, 4) is 0 Å². The van der Waals surface area contributed by atoms with Gasteiger partial charge in [0.15, 0.2) is 0 Å². The highest BCUT2D eigenvalue weighted by atomic mass is 16.8. The Morgan fingerprint density at radius 3 is 2.48 bits per heavy atom. The van der Waals surface area contributed by atoms with Crippen LogP contribution in [0.15, 0.2) is 36.4 Å². The molecule has 2 rings (SSSR count). The van der Waals surface area contributed by atoms with E-state index in [-0.39, 0.29) is 29.2 Å². The summed E-state index contributed by atoms with van der Waals surface area (Å²) in [4.78, 5) is 0. The van der Waals surface area contributed by atoms with Crippen LogP contribution in [0.3, 0.4) is 0 Å². The summed E-state index contributed by atoms with van der Waals surface area (Å²) in [5.41, 5.74) is 5.25. The van der Waals surface area contributed by atoms with Gasteiger partial charge in [-0.1, -0.05) is 18.7 Å². The van der Waals surface area contributed by atoms with Crippen LogP contribution in [0.2, 0.25) is 0 Å². The molecule has 1 aliphatic rings. The summed E-state index contributed by atoms with van der Waals surface area (Å²) in [5, 5.41) is 21.5. The molecule has 0 radical (unpaired) electrons. The Hall–Kier alpha value is -1.48. The second kappa shape index (κ2) is 7.87. The first-order valence-corrected chi connectivity index (χ1v) is 7.49. The number of ether oxygens (including phenoxy) is 2. The summed E-state index contributed by atoms with van der Waals surface area (Å²) < 4.78 is 11.9. The van der Waals surface area contributed by atoms with Crippen LogP contribution in [0.1, 0.15) is 18.6 Å². The number of hydrogen-bond acceptors (Lipinski definition) is 7. The zero-order valence-electron chi connectivity index (χ0n) is 13.7. The molecule has 1 aliphatic heterocycles. The van der Waals surface area contributed by atoms with Crippen molar-refractivity contribution in [2.45, 2.75) is 25.2 Å². The minimum Gasteiger partial charge on any atom is -0.733 e. The molecule has 2 N–H and O–H groups in total. The number of hydrazine groups is 1.